The number of rotatable bonds is 4. The number of aromatic nitrogens is 2. The molecule has 0 aromatic carbocycles. The quantitative estimate of drug-likeness (QED) is 0.823. The first-order valence-corrected chi connectivity index (χ1v) is 6.01. The highest BCUT2D eigenvalue weighted by Gasteiger charge is 2.14. The van der Waals surface area contributed by atoms with Gasteiger partial charge in [-0.1, -0.05) is 6.42 Å². The van der Waals surface area contributed by atoms with Crippen LogP contribution in [0.3, 0.4) is 0 Å². The molecule has 0 amide bonds. The maximum Gasteiger partial charge on any atom is 0.0726 e. The van der Waals surface area contributed by atoms with E-state index in [2.05, 4.69) is 27.2 Å². The maximum absolute atomic E-state index is 4.29. The molecule has 4 heteroatoms. The Morgan fingerprint density at radius 1 is 1.44 bits per heavy atom. The van der Waals surface area contributed by atoms with Crippen molar-refractivity contribution in [2.75, 3.05) is 20.1 Å². The lowest BCUT2D eigenvalue weighted by Crippen LogP contribution is -2.42. The summed E-state index contributed by atoms with van der Waals surface area (Å²) in [4.78, 5) is 10.7. The minimum atomic E-state index is 0.649. The van der Waals surface area contributed by atoms with Gasteiger partial charge in [-0.3, -0.25) is 14.9 Å². The number of hydrogen-bond acceptors (Lipinski definition) is 4. The first-order valence-electron chi connectivity index (χ1n) is 6.01. The zero-order chi connectivity index (χ0) is 11.2. The van der Waals surface area contributed by atoms with Gasteiger partial charge < -0.3 is 5.32 Å². The Morgan fingerprint density at radius 3 is 3.06 bits per heavy atom. The highest BCUT2D eigenvalue weighted by molar-refractivity contribution is 4.94. The van der Waals surface area contributed by atoms with Crippen LogP contribution in [-0.4, -0.2) is 41.0 Å². The summed E-state index contributed by atoms with van der Waals surface area (Å²) in [5.41, 5.74) is 1.04. The van der Waals surface area contributed by atoms with Crippen LogP contribution in [0.15, 0.2) is 18.6 Å². The van der Waals surface area contributed by atoms with Crippen molar-refractivity contribution < 1.29 is 0 Å². The van der Waals surface area contributed by atoms with Crippen LogP contribution in [0.5, 0.6) is 0 Å². The van der Waals surface area contributed by atoms with E-state index in [1.165, 1.54) is 25.8 Å². The van der Waals surface area contributed by atoms with Gasteiger partial charge in [0.15, 0.2) is 0 Å². The average Bonchev–Trinajstić information content (AvgIpc) is 2.31. The molecule has 1 atom stereocenters. The summed E-state index contributed by atoms with van der Waals surface area (Å²) in [7, 11) is 2.14. The normalized spacial score (nSPS) is 21.2. The van der Waals surface area contributed by atoms with Gasteiger partial charge >= 0.3 is 0 Å². The molecule has 16 heavy (non-hydrogen) atoms. The van der Waals surface area contributed by atoms with Crippen LogP contribution in [0.1, 0.15) is 25.0 Å². The molecule has 88 valence electrons. The van der Waals surface area contributed by atoms with E-state index in [0.29, 0.717) is 6.04 Å². The van der Waals surface area contributed by atoms with Gasteiger partial charge in [-0.05, 0) is 26.4 Å². The van der Waals surface area contributed by atoms with Gasteiger partial charge in [0.25, 0.3) is 0 Å². The monoisotopic (exact) mass is 220 g/mol. The molecule has 4 nitrogen and oxygen atoms in total. The molecule has 1 aliphatic heterocycles. The third-order valence-electron chi connectivity index (χ3n) is 2.99. The standard InChI is InChI=1S/C12H20N4/c1-16(9-11-4-2-3-5-14-11)10-12-8-13-6-7-15-12/h6-8,11,14H,2-5,9-10H2,1H3. The molecule has 2 rings (SSSR count). The van der Waals surface area contributed by atoms with Crippen LogP contribution in [0.25, 0.3) is 0 Å². The van der Waals surface area contributed by atoms with Gasteiger partial charge in [-0.15, -0.1) is 0 Å². The fourth-order valence-electron chi connectivity index (χ4n) is 2.21. The molecule has 2 heterocycles. The topological polar surface area (TPSA) is 41.1 Å². The molecule has 1 N–H and O–H groups in total. The summed E-state index contributed by atoms with van der Waals surface area (Å²) in [6, 6.07) is 0.649. The second kappa shape index (κ2) is 5.92. The largest absolute Gasteiger partial charge is 0.313 e. The molecule has 0 spiro atoms. The Kier molecular flexibility index (Phi) is 4.25. The zero-order valence-corrected chi connectivity index (χ0v) is 9.89. The summed E-state index contributed by atoms with van der Waals surface area (Å²) in [6.45, 7) is 3.15. The minimum absolute atomic E-state index is 0.649. The van der Waals surface area contributed by atoms with Crippen molar-refractivity contribution in [3.8, 4) is 0 Å². The van der Waals surface area contributed by atoms with Crippen molar-refractivity contribution in [3.05, 3.63) is 24.3 Å². The number of hydrogen-bond donors (Lipinski definition) is 1. The molecule has 1 saturated heterocycles. The molecule has 0 saturated carbocycles. The first-order chi connectivity index (χ1) is 7.84. The van der Waals surface area contributed by atoms with E-state index in [4.69, 9.17) is 0 Å². The fourth-order valence-corrected chi connectivity index (χ4v) is 2.21. The predicted octanol–water partition coefficient (Wildman–Crippen LogP) is 1.05. The molecule has 1 unspecified atom stereocenters. The summed E-state index contributed by atoms with van der Waals surface area (Å²) in [5.74, 6) is 0. The van der Waals surface area contributed by atoms with E-state index < -0.39 is 0 Å². The maximum atomic E-state index is 4.29. The Balaban J connectivity index is 1.77. The third-order valence-corrected chi connectivity index (χ3v) is 2.99. The molecule has 1 aliphatic rings. The van der Waals surface area contributed by atoms with Crippen LogP contribution < -0.4 is 5.32 Å². The van der Waals surface area contributed by atoms with Crippen LogP contribution in [0.2, 0.25) is 0 Å². The smallest absolute Gasteiger partial charge is 0.0726 e. The van der Waals surface area contributed by atoms with E-state index in [9.17, 15) is 0 Å². The Hall–Kier alpha value is -1.00. The summed E-state index contributed by atoms with van der Waals surface area (Å²) < 4.78 is 0. The van der Waals surface area contributed by atoms with E-state index >= 15 is 0 Å². The van der Waals surface area contributed by atoms with Crippen molar-refractivity contribution in [1.82, 2.24) is 20.2 Å². The predicted molar refractivity (Wildman–Crippen MR) is 64.0 cm³/mol. The van der Waals surface area contributed by atoms with Gasteiger partial charge in [-0.25, -0.2) is 0 Å². The fraction of sp³-hybridized carbons (Fsp3) is 0.667. The first kappa shape index (κ1) is 11.5. The summed E-state index contributed by atoms with van der Waals surface area (Å²) in [5, 5.41) is 3.56. The lowest BCUT2D eigenvalue weighted by Gasteiger charge is -2.27. The van der Waals surface area contributed by atoms with E-state index in [-0.39, 0.29) is 0 Å². The lowest BCUT2D eigenvalue weighted by atomic mass is 10.0. The van der Waals surface area contributed by atoms with Gasteiger partial charge in [0.05, 0.1) is 5.69 Å². The van der Waals surface area contributed by atoms with Crippen molar-refractivity contribution in [2.24, 2.45) is 0 Å². The van der Waals surface area contributed by atoms with Crippen molar-refractivity contribution in [2.45, 2.75) is 31.8 Å². The highest BCUT2D eigenvalue weighted by atomic mass is 15.1. The Bertz CT molecular complexity index is 295. The number of nitrogens with one attached hydrogen (secondary N) is 1. The van der Waals surface area contributed by atoms with E-state index in [1.807, 2.05) is 6.20 Å². The lowest BCUT2D eigenvalue weighted by molar-refractivity contribution is 0.254. The van der Waals surface area contributed by atoms with Gasteiger partial charge in [0.1, 0.15) is 0 Å². The Labute approximate surface area is 97.1 Å². The minimum Gasteiger partial charge on any atom is -0.313 e. The Morgan fingerprint density at radius 2 is 2.38 bits per heavy atom. The number of nitrogens with zero attached hydrogens (tertiary/aromatic N) is 3. The van der Waals surface area contributed by atoms with E-state index in [0.717, 1.165) is 18.8 Å². The van der Waals surface area contributed by atoms with Crippen molar-refractivity contribution in [3.63, 3.8) is 0 Å². The SMILES string of the molecule is CN(Cc1cnccn1)CC1CCCCN1. The molecule has 1 aromatic rings. The molecule has 0 bridgehead atoms. The molecule has 1 fully saturated rings. The van der Waals surface area contributed by atoms with Crippen LogP contribution in [0, 0.1) is 0 Å². The number of piperidine rings is 1. The second-order valence-electron chi connectivity index (χ2n) is 4.54. The van der Waals surface area contributed by atoms with Crippen LogP contribution >= 0.6 is 0 Å². The molecule has 0 aliphatic carbocycles. The van der Waals surface area contributed by atoms with Gasteiger partial charge in [-0.2, -0.15) is 0 Å². The van der Waals surface area contributed by atoms with Gasteiger partial charge in [0.2, 0.25) is 0 Å². The van der Waals surface area contributed by atoms with Crippen molar-refractivity contribution in [1.29, 1.82) is 0 Å². The molecule has 0 radical (unpaired) electrons. The van der Waals surface area contributed by atoms with Crippen LogP contribution in [-0.2, 0) is 6.54 Å². The van der Waals surface area contributed by atoms with Crippen LogP contribution in [0.4, 0.5) is 0 Å². The average molecular weight is 220 g/mol. The summed E-state index contributed by atoms with van der Waals surface area (Å²) in [6.07, 6.45) is 9.28. The number of likely N-dealkylation sites (N-methyl/N-ethyl adjacent to an activating group) is 1. The zero-order valence-electron chi connectivity index (χ0n) is 9.89. The second-order valence-corrected chi connectivity index (χ2v) is 4.54. The highest BCUT2D eigenvalue weighted by Crippen LogP contribution is 2.08. The molecule has 1 aromatic heterocycles. The van der Waals surface area contributed by atoms with E-state index in [1.54, 1.807) is 12.4 Å². The molecular weight excluding hydrogens is 200 g/mol. The molecular formula is C12H20N4. The van der Waals surface area contributed by atoms with Crippen molar-refractivity contribution >= 4 is 0 Å². The summed E-state index contributed by atoms with van der Waals surface area (Å²) >= 11 is 0. The van der Waals surface area contributed by atoms with Gasteiger partial charge in [0, 0.05) is 37.7 Å². The third kappa shape index (κ3) is 3.54.